The van der Waals surface area contributed by atoms with Crippen molar-refractivity contribution in [3.05, 3.63) is 95.6 Å². The first-order valence-corrected chi connectivity index (χ1v) is 10.5. The van der Waals surface area contributed by atoms with E-state index in [1.54, 1.807) is 6.21 Å². The van der Waals surface area contributed by atoms with Gasteiger partial charge in [-0.1, -0.05) is 62.4 Å². The minimum Gasteiger partial charge on any atom is -0.489 e. The molecule has 5 heteroatoms. The number of nitrogens with zero attached hydrogens (tertiary/aromatic N) is 1. The molecule has 1 N–H and O–H groups in total. The topological polar surface area (TPSA) is 59.9 Å². The molecule has 1 atom stereocenters. The van der Waals surface area contributed by atoms with Crippen LogP contribution in [0.1, 0.15) is 42.9 Å². The number of para-hydroxylation sites is 1. The van der Waals surface area contributed by atoms with Crippen molar-refractivity contribution in [2.45, 2.75) is 32.8 Å². The number of hydrogen-bond acceptors (Lipinski definition) is 4. The van der Waals surface area contributed by atoms with E-state index in [4.69, 9.17) is 9.47 Å². The summed E-state index contributed by atoms with van der Waals surface area (Å²) in [6, 6.07) is 25.3. The van der Waals surface area contributed by atoms with Crippen molar-refractivity contribution < 1.29 is 14.3 Å². The molecule has 1 unspecified atom stereocenters. The van der Waals surface area contributed by atoms with Gasteiger partial charge in [0.2, 0.25) is 0 Å². The molecular formula is C26H28N2O3. The summed E-state index contributed by atoms with van der Waals surface area (Å²) >= 11 is 0. The zero-order valence-corrected chi connectivity index (χ0v) is 18.0. The lowest BCUT2D eigenvalue weighted by atomic mass is 9.98. The van der Waals surface area contributed by atoms with Crippen LogP contribution in [-0.2, 0) is 11.4 Å². The second-order valence-electron chi connectivity index (χ2n) is 7.27. The highest BCUT2D eigenvalue weighted by molar-refractivity contribution is 5.83. The Bertz CT molecular complexity index is 985. The van der Waals surface area contributed by atoms with Gasteiger partial charge in [-0.2, -0.15) is 5.10 Å². The van der Waals surface area contributed by atoms with Crippen molar-refractivity contribution in [3.63, 3.8) is 0 Å². The summed E-state index contributed by atoms with van der Waals surface area (Å²) < 4.78 is 11.5. The van der Waals surface area contributed by atoms with E-state index in [1.165, 1.54) is 0 Å². The number of ether oxygens (including phenoxy) is 2. The first kappa shape index (κ1) is 22.1. The van der Waals surface area contributed by atoms with Gasteiger partial charge in [0, 0.05) is 0 Å². The molecule has 0 saturated heterocycles. The molecule has 31 heavy (non-hydrogen) atoms. The predicted molar refractivity (Wildman–Crippen MR) is 124 cm³/mol. The molecule has 0 aliphatic carbocycles. The van der Waals surface area contributed by atoms with Crippen molar-refractivity contribution in [3.8, 4) is 11.5 Å². The molecule has 0 saturated carbocycles. The van der Waals surface area contributed by atoms with Crippen molar-refractivity contribution in [2.24, 2.45) is 5.10 Å². The average Bonchev–Trinajstić information content (AvgIpc) is 2.82. The maximum Gasteiger partial charge on any atom is 0.277 e. The average molecular weight is 417 g/mol. The first-order chi connectivity index (χ1) is 15.2. The third-order valence-corrected chi connectivity index (χ3v) is 4.95. The molecule has 0 fully saturated rings. The van der Waals surface area contributed by atoms with Gasteiger partial charge in [-0.3, -0.25) is 4.79 Å². The minimum atomic E-state index is -0.307. The molecule has 1 amide bonds. The molecule has 5 nitrogen and oxygen atoms in total. The standard InChI is InChI=1S/C26H28N2O3/c1-3-20(2)24-11-7-8-12-25(24)31-19-26(29)28-27-17-21-13-15-23(16-14-21)30-18-22-9-5-4-6-10-22/h4-17,20H,3,18-19H2,1-2H3,(H,28,29)/b27-17+. The molecule has 0 aliphatic heterocycles. The Morgan fingerprint density at radius 3 is 2.42 bits per heavy atom. The molecule has 0 radical (unpaired) electrons. The van der Waals surface area contributed by atoms with Crippen LogP contribution in [0.5, 0.6) is 11.5 Å². The summed E-state index contributed by atoms with van der Waals surface area (Å²) in [5.41, 5.74) is 5.58. The van der Waals surface area contributed by atoms with Gasteiger partial charge in [0.05, 0.1) is 6.21 Å². The smallest absolute Gasteiger partial charge is 0.277 e. The highest BCUT2D eigenvalue weighted by Gasteiger charge is 2.10. The van der Waals surface area contributed by atoms with Crippen molar-refractivity contribution in [1.82, 2.24) is 5.43 Å². The third kappa shape index (κ3) is 7.00. The van der Waals surface area contributed by atoms with Gasteiger partial charge < -0.3 is 9.47 Å². The van der Waals surface area contributed by atoms with E-state index in [-0.39, 0.29) is 12.5 Å². The summed E-state index contributed by atoms with van der Waals surface area (Å²) in [6.45, 7) is 4.71. The number of carbonyl (C=O) groups is 1. The van der Waals surface area contributed by atoms with Gasteiger partial charge in [-0.25, -0.2) is 5.43 Å². The lowest BCUT2D eigenvalue weighted by Gasteiger charge is -2.15. The summed E-state index contributed by atoms with van der Waals surface area (Å²) in [6.07, 6.45) is 2.60. The lowest BCUT2D eigenvalue weighted by molar-refractivity contribution is -0.123. The van der Waals surface area contributed by atoms with Crippen LogP contribution < -0.4 is 14.9 Å². The van der Waals surface area contributed by atoms with Gasteiger partial charge in [0.25, 0.3) is 5.91 Å². The van der Waals surface area contributed by atoms with E-state index in [1.807, 2.05) is 78.9 Å². The highest BCUT2D eigenvalue weighted by Crippen LogP contribution is 2.28. The molecule has 0 aromatic heterocycles. The Hall–Kier alpha value is -3.60. The minimum absolute atomic E-state index is 0.0863. The van der Waals surface area contributed by atoms with Crippen molar-refractivity contribution in [2.75, 3.05) is 6.61 Å². The third-order valence-electron chi connectivity index (χ3n) is 4.95. The van der Waals surface area contributed by atoms with E-state index in [2.05, 4.69) is 24.4 Å². The van der Waals surface area contributed by atoms with Gasteiger partial charge in [-0.05, 0) is 59.4 Å². The monoisotopic (exact) mass is 416 g/mol. The van der Waals surface area contributed by atoms with Gasteiger partial charge in [0.1, 0.15) is 18.1 Å². The van der Waals surface area contributed by atoms with Crippen LogP contribution >= 0.6 is 0 Å². The summed E-state index contributed by atoms with van der Waals surface area (Å²) in [4.78, 5) is 12.1. The summed E-state index contributed by atoms with van der Waals surface area (Å²) in [7, 11) is 0. The van der Waals surface area contributed by atoms with E-state index < -0.39 is 0 Å². The zero-order chi connectivity index (χ0) is 21.9. The number of benzene rings is 3. The second-order valence-corrected chi connectivity index (χ2v) is 7.27. The fourth-order valence-corrected chi connectivity index (χ4v) is 2.98. The quantitative estimate of drug-likeness (QED) is 0.360. The number of carbonyl (C=O) groups excluding carboxylic acids is 1. The largest absolute Gasteiger partial charge is 0.489 e. The first-order valence-electron chi connectivity index (χ1n) is 10.5. The second kappa shape index (κ2) is 11.6. The van der Waals surface area contributed by atoms with Crippen LogP contribution in [-0.4, -0.2) is 18.7 Å². The molecule has 0 heterocycles. The maximum absolute atomic E-state index is 12.1. The normalized spacial score (nSPS) is 11.8. The Morgan fingerprint density at radius 2 is 1.68 bits per heavy atom. The SMILES string of the molecule is CCC(C)c1ccccc1OCC(=O)N/N=C/c1ccc(OCc2ccccc2)cc1. The molecule has 0 bridgehead atoms. The number of hydrazone groups is 1. The lowest BCUT2D eigenvalue weighted by Crippen LogP contribution is -2.24. The molecule has 0 spiro atoms. The molecular weight excluding hydrogens is 388 g/mol. The highest BCUT2D eigenvalue weighted by atomic mass is 16.5. The van der Waals surface area contributed by atoms with E-state index in [0.717, 1.165) is 34.6 Å². The molecule has 0 aliphatic rings. The van der Waals surface area contributed by atoms with Crippen molar-refractivity contribution in [1.29, 1.82) is 0 Å². The van der Waals surface area contributed by atoms with Gasteiger partial charge >= 0.3 is 0 Å². The fraction of sp³-hybridized carbons (Fsp3) is 0.231. The van der Waals surface area contributed by atoms with Crippen LogP contribution in [0.25, 0.3) is 0 Å². The van der Waals surface area contributed by atoms with E-state index in [9.17, 15) is 4.79 Å². The zero-order valence-electron chi connectivity index (χ0n) is 18.0. The number of amides is 1. The fourth-order valence-electron chi connectivity index (χ4n) is 2.98. The molecule has 3 rings (SSSR count). The predicted octanol–water partition coefficient (Wildman–Crippen LogP) is 5.31. The summed E-state index contributed by atoms with van der Waals surface area (Å²) in [5, 5.41) is 4.01. The van der Waals surface area contributed by atoms with Gasteiger partial charge in [0.15, 0.2) is 6.61 Å². The molecule has 160 valence electrons. The van der Waals surface area contributed by atoms with E-state index >= 15 is 0 Å². The van der Waals surface area contributed by atoms with Crippen LogP contribution in [0.3, 0.4) is 0 Å². The van der Waals surface area contributed by atoms with Crippen molar-refractivity contribution >= 4 is 12.1 Å². The Morgan fingerprint density at radius 1 is 0.968 bits per heavy atom. The van der Waals surface area contributed by atoms with E-state index in [0.29, 0.717) is 12.5 Å². The maximum atomic E-state index is 12.1. The number of nitrogens with one attached hydrogen (secondary N) is 1. The van der Waals surface area contributed by atoms with Crippen LogP contribution in [0.4, 0.5) is 0 Å². The number of hydrogen-bond donors (Lipinski definition) is 1. The summed E-state index contributed by atoms with van der Waals surface area (Å²) in [5.74, 6) is 1.58. The van der Waals surface area contributed by atoms with Crippen LogP contribution in [0.2, 0.25) is 0 Å². The molecule has 3 aromatic carbocycles. The molecule has 3 aromatic rings. The van der Waals surface area contributed by atoms with Gasteiger partial charge in [-0.15, -0.1) is 0 Å². The van der Waals surface area contributed by atoms with Crippen LogP contribution in [0, 0.1) is 0 Å². The Balaban J connectivity index is 1.44. The Kier molecular flexibility index (Phi) is 8.23. The Labute approximate surface area is 183 Å². The van der Waals surface area contributed by atoms with Crippen LogP contribution in [0.15, 0.2) is 84.0 Å². The number of rotatable bonds is 10.